The second kappa shape index (κ2) is 14.6. The molecule has 2 N–H and O–H groups in total. The lowest BCUT2D eigenvalue weighted by atomic mass is 10.1. The van der Waals surface area contributed by atoms with E-state index >= 15 is 0 Å². The molecule has 0 aliphatic heterocycles. The van der Waals surface area contributed by atoms with Gasteiger partial charge in [-0.2, -0.15) is 0 Å². The Labute approximate surface area is 211 Å². The van der Waals surface area contributed by atoms with Crippen LogP contribution in [0.5, 0.6) is 0 Å². The summed E-state index contributed by atoms with van der Waals surface area (Å²) < 4.78 is 28.8. The zero-order chi connectivity index (χ0) is 25.1. The lowest BCUT2D eigenvalue weighted by Gasteiger charge is -2.43. The van der Waals surface area contributed by atoms with E-state index in [0.29, 0.717) is 26.1 Å². The van der Waals surface area contributed by atoms with Crippen LogP contribution in [0.15, 0.2) is 29.2 Å². The van der Waals surface area contributed by atoms with Crippen LogP contribution >= 0.6 is 31.5 Å². The van der Waals surface area contributed by atoms with Gasteiger partial charge in [-0.05, 0) is 61.4 Å². The lowest BCUT2D eigenvalue weighted by Crippen LogP contribution is -2.36. The molecule has 33 heavy (non-hydrogen) atoms. The highest BCUT2D eigenvalue weighted by Crippen LogP contribution is 2.54. The van der Waals surface area contributed by atoms with E-state index in [-0.39, 0.29) is 17.3 Å². The smallest absolute Gasteiger partial charge is 0.135 e. The van der Waals surface area contributed by atoms with Crippen LogP contribution in [0.3, 0.4) is 0 Å². The second-order valence-corrected chi connectivity index (χ2v) is 16.2. The Balaban J connectivity index is 2.87. The Morgan fingerprint density at radius 3 is 2.33 bits per heavy atom. The van der Waals surface area contributed by atoms with E-state index in [1.807, 2.05) is 0 Å². The quantitative estimate of drug-likeness (QED) is 0.147. The molecule has 1 rings (SSSR count). The summed E-state index contributed by atoms with van der Waals surface area (Å²) in [5, 5.41) is -1.42. The van der Waals surface area contributed by atoms with E-state index in [0.717, 1.165) is 13.0 Å². The van der Waals surface area contributed by atoms with E-state index < -0.39 is 15.7 Å². The fraction of sp³-hybridized carbons (Fsp3) is 0.760. The number of hydrogen-bond acceptors (Lipinski definition) is 5. The van der Waals surface area contributed by atoms with Gasteiger partial charge in [0.25, 0.3) is 0 Å². The molecule has 0 radical (unpaired) electrons. The summed E-state index contributed by atoms with van der Waals surface area (Å²) in [4.78, 5) is 1.18. The van der Waals surface area contributed by atoms with E-state index in [1.165, 1.54) is 23.3 Å². The van der Waals surface area contributed by atoms with Crippen LogP contribution in [0.4, 0.5) is 4.39 Å². The molecule has 0 saturated heterocycles. The molecule has 1 aromatic carbocycles. The highest BCUT2D eigenvalue weighted by atomic mass is 32.3. The second-order valence-electron chi connectivity index (χ2n) is 10.1. The molecule has 0 fully saturated rings. The lowest BCUT2D eigenvalue weighted by molar-refractivity contribution is 0.123. The highest BCUT2D eigenvalue weighted by Gasteiger charge is 2.29. The molecule has 194 valence electrons. The summed E-state index contributed by atoms with van der Waals surface area (Å²) in [6.07, 6.45) is 9.01. The van der Waals surface area contributed by atoms with Crippen LogP contribution in [0.25, 0.3) is 0 Å². The average Bonchev–Trinajstić information content (AvgIpc) is 2.75. The Morgan fingerprint density at radius 2 is 1.82 bits per heavy atom. The maximum absolute atomic E-state index is 14.5. The molecule has 0 amide bonds. The molecule has 0 aliphatic carbocycles. The van der Waals surface area contributed by atoms with Gasteiger partial charge in [-0.1, -0.05) is 61.9 Å². The first kappa shape index (κ1) is 31.2. The van der Waals surface area contributed by atoms with Crippen molar-refractivity contribution in [3.63, 3.8) is 0 Å². The fourth-order valence-corrected chi connectivity index (χ4v) is 5.02. The van der Waals surface area contributed by atoms with Crippen LogP contribution in [0.2, 0.25) is 0 Å². The molecular weight excluding hydrogens is 474 g/mol. The minimum Gasteiger partial charge on any atom is -0.383 e. The Morgan fingerprint density at radius 1 is 1.18 bits per heavy atom. The number of rotatable bonds is 16. The van der Waals surface area contributed by atoms with Crippen molar-refractivity contribution in [3.05, 3.63) is 29.8 Å². The van der Waals surface area contributed by atoms with Gasteiger partial charge >= 0.3 is 0 Å². The minimum atomic E-state index is -1.42. The van der Waals surface area contributed by atoms with Crippen molar-refractivity contribution in [2.45, 2.75) is 87.5 Å². The van der Waals surface area contributed by atoms with Gasteiger partial charge in [0.2, 0.25) is 0 Å². The SMILES string of the molecule is CCCCCN(Sc1ccc(COS(C)(C)C(C)(C)C)cc1)C(CCC(F)(P)CN)COC. The van der Waals surface area contributed by atoms with Gasteiger partial charge in [-0.15, -0.1) is 10.3 Å². The number of benzene rings is 1. The van der Waals surface area contributed by atoms with Crippen molar-refractivity contribution in [2.24, 2.45) is 5.73 Å². The summed E-state index contributed by atoms with van der Waals surface area (Å²) >= 11 is 1.74. The molecule has 0 saturated carbocycles. The van der Waals surface area contributed by atoms with E-state index in [9.17, 15) is 4.39 Å². The molecule has 0 spiro atoms. The Hall–Kier alpha value is 0.120. The molecule has 0 bridgehead atoms. The van der Waals surface area contributed by atoms with Crippen molar-refractivity contribution in [2.75, 3.05) is 39.3 Å². The molecular formula is C25H48FN2O2PS2. The number of ether oxygens (including phenoxy) is 1. The first-order valence-corrected chi connectivity index (χ1v) is 15.7. The topological polar surface area (TPSA) is 47.7 Å². The van der Waals surface area contributed by atoms with Gasteiger partial charge in [-0.3, -0.25) is 0 Å². The van der Waals surface area contributed by atoms with E-state index in [2.05, 4.69) is 78.0 Å². The predicted octanol–water partition coefficient (Wildman–Crippen LogP) is 6.78. The first-order valence-electron chi connectivity index (χ1n) is 11.9. The van der Waals surface area contributed by atoms with Crippen LogP contribution in [-0.2, 0) is 15.5 Å². The monoisotopic (exact) mass is 522 g/mol. The first-order chi connectivity index (χ1) is 15.3. The van der Waals surface area contributed by atoms with Crippen molar-refractivity contribution in [1.82, 2.24) is 4.31 Å². The van der Waals surface area contributed by atoms with Gasteiger partial charge in [0.1, 0.15) is 5.41 Å². The third-order valence-corrected chi connectivity index (χ3v) is 11.5. The van der Waals surface area contributed by atoms with Crippen LogP contribution < -0.4 is 5.73 Å². The zero-order valence-electron chi connectivity index (χ0n) is 21.9. The standard InChI is InChI=1S/C25H48FN2O2PS2/c1-8-9-10-17-28(22(19-29-5)15-16-25(26,31)20-27)32-23-13-11-21(12-14-23)18-30-33(6,7)24(2,3)4/h11-14,22H,8-10,15-20,27,31H2,1-7H3. The number of hydrogen-bond donors (Lipinski definition) is 1. The van der Waals surface area contributed by atoms with Crippen molar-refractivity contribution >= 4 is 31.5 Å². The van der Waals surface area contributed by atoms with Gasteiger partial charge < -0.3 is 14.7 Å². The molecule has 3 unspecified atom stereocenters. The van der Waals surface area contributed by atoms with E-state index in [1.54, 1.807) is 19.1 Å². The maximum atomic E-state index is 14.5. The molecule has 1 aromatic rings. The number of methoxy groups -OCH3 is 1. The molecule has 0 heterocycles. The summed E-state index contributed by atoms with van der Waals surface area (Å²) in [7, 11) is 2.84. The van der Waals surface area contributed by atoms with Crippen molar-refractivity contribution in [3.8, 4) is 0 Å². The summed E-state index contributed by atoms with van der Waals surface area (Å²) in [6, 6.07) is 8.75. The van der Waals surface area contributed by atoms with E-state index in [4.69, 9.17) is 14.7 Å². The third-order valence-electron chi connectivity index (χ3n) is 6.12. The number of nitrogens with two attached hydrogens (primary N) is 1. The van der Waals surface area contributed by atoms with Gasteiger partial charge in [0.05, 0.1) is 13.2 Å². The van der Waals surface area contributed by atoms with Crippen LogP contribution in [0.1, 0.15) is 65.4 Å². The zero-order valence-corrected chi connectivity index (χ0v) is 24.7. The number of halogens is 1. The number of nitrogens with zero attached hydrogens (tertiary/aromatic N) is 1. The molecule has 4 nitrogen and oxygen atoms in total. The van der Waals surface area contributed by atoms with Crippen LogP contribution in [-0.4, -0.2) is 59.8 Å². The van der Waals surface area contributed by atoms with Crippen molar-refractivity contribution < 1.29 is 13.3 Å². The normalized spacial score (nSPS) is 16.1. The summed E-state index contributed by atoms with van der Waals surface area (Å²) in [5.41, 5.74) is 6.78. The maximum Gasteiger partial charge on any atom is 0.135 e. The number of alkyl halides is 1. The van der Waals surface area contributed by atoms with Gasteiger partial charge in [0, 0.05) is 35.9 Å². The minimum absolute atomic E-state index is 0.0115. The molecule has 3 atom stereocenters. The predicted molar refractivity (Wildman–Crippen MR) is 150 cm³/mol. The van der Waals surface area contributed by atoms with Crippen LogP contribution in [0, 0.1) is 0 Å². The molecule has 0 aromatic heterocycles. The summed E-state index contributed by atoms with van der Waals surface area (Å²) in [6.45, 7) is 11.1. The van der Waals surface area contributed by atoms with Gasteiger partial charge in [0.15, 0.2) is 0 Å². The van der Waals surface area contributed by atoms with Crippen molar-refractivity contribution in [1.29, 1.82) is 0 Å². The molecule has 0 aliphatic rings. The number of unbranched alkanes of at least 4 members (excludes halogenated alkanes) is 2. The highest BCUT2D eigenvalue weighted by molar-refractivity contribution is 8.29. The Bertz CT molecular complexity index is 669. The molecule has 8 heteroatoms. The summed E-state index contributed by atoms with van der Waals surface area (Å²) in [5.74, 6) is 0. The third kappa shape index (κ3) is 11.6. The fourth-order valence-electron chi connectivity index (χ4n) is 3.01. The van der Waals surface area contributed by atoms with Gasteiger partial charge in [-0.25, -0.2) is 8.70 Å². The largest absolute Gasteiger partial charge is 0.383 e. The average molecular weight is 523 g/mol. The Kier molecular flexibility index (Phi) is 13.8.